The highest BCUT2D eigenvalue weighted by Gasteiger charge is 2.22. The molecule has 1 aromatic carbocycles. The van der Waals surface area contributed by atoms with E-state index < -0.39 is 0 Å². The van der Waals surface area contributed by atoms with Crippen molar-refractivity contribution in [3.63, 3.8) is 0 Å². The van der Waals surface area contributed by atoms with Crippen LogP contribution >= 0.6 is 22.6 Å². The molecular formula is C17H23IO2. The summed E-state index contributed by atoms with van der Waals surface area (Å²) in [5.74, 6) is 0.443. The fraction of sp³-hybridized carbons (Fsp3) is 0.588. The summed E-state index contributed by atoms with van der Waals surface area (Å²) in [5, 5.41) is 0. The molecule has 1 aromatic rings. The van der Waals surface area contributed by atoms with Gasteiger partial charge in [-0.2, -0.15) is 0 Å². The standard InChI is InChI=1S/C17H23IO2/c1-17(2,3)20-16(19)10-7-12-5-4-6-13-11-14(18)8-9-15(12)13/h8-9,11-12H,4-7,10H2,1-3H3/t12-/m0/s1. The number of hydrogen-bond acceptors (Lipinski definition) is 2. The number of ether oxygens (including phenoxy) is 1. The molecule has 2 rings (SSSR count). The van der Waals surface area contributed by atoms with Crippen molar-refractivity contribution in [2.75, 3.05) is 0 Å². The molecule has 2 nitrogen and oxygen atoms in total. The molecule has 0 N–H and O–H groups in total. The number of carbonyl (C=O) groups is 1. The van der Waals surface area contributed by atoms with E-state index in [4.69, 9.17) is 4.74 Å². The van der Waals surface area contributed by atoms with Gasteiger partial charge in [0, 0.05) is 9.99 Å². The number of fused-ring (bicyclic) bond motifs is 1. The van der Waals surface area contributed by atoms with Gasteiger partial charge in [-0.25, -0.2) is 0 Å². The Hall–Kier alpha value is -0.580. The molecule has 0 radical (unpaired) electrons. The maximum absolute atomic E-state index is 11.8. The topological polar surface area (TPSA) is 26.3 Å². The Bertz CT molecular complexity index is 488. The summed E-state index contributed by atoms with van der Waals surface area (Å²) in [6.07, 6.45) is 5.02. The van der Waals surface area contributed by atoms with E-state index in [2.05, 4.69) is 40.8 Å². The summed E-state index contributed by atoms with van der Waals surface area (Å²) in [4.78, 5) is 11.8. The highest BCUT2D eigenvalue weighted by molar-refractivity contribution is 14.1. The van der Waals surface area contributed by atoms with E-state index >= 15 is 0 Å². The first-order valence-corrected chi connectivity index (χ1v) is 8.43. The quantitative estimate of drug-likeness (QED) is 0.549. The van der Waals surface area contributed by atoms with Crippen molar-refractivity contribution in [2.24, 2.45) is 0 Å². The monoisotopic (exact) mass is 386 g/mol. The largest absolute Gasteiger partial charge is 0.460 e. The highest BCUT2D eigenvalue weighted by Crippen LogP contribution is 2.35. The second-order valence-electron chi connectivity index (χ2n) is 6.56. The van der Waals surface area contributed by atoms with Crippen LogP contribution < -0.4 is 0 Å². The van der Waals surface area contributed by atoms with Gasteiger partial charge in [-0.05, 0) is 98.2 Å². The summed E-state index contributed by atoms with van der Waals surface area (Å²) in [6, 6.07) is 6.71. The van der Waals surface area contributed by atoms with Crippen LogP contribution in [0.15, 0.2) is 18.2 Å². The zero-order valence-electron chi connectivity index (χ0n) is 12.5. The molecule has 0 unspecified atom stereocenters. The number of halogens is 1. The maximum atomic E-state index is 11.8. The van der Waals surface area contributed by atoms with Gasteiger partial charge in [0.05, 0.1) is 0 Å². The lowest BCUT2D eigenvalue weighted by molar-refractivity contribution is -0.155. The Morgan fingerprint density at radius 2 is 2.15 bits per heavy atom. The molecule has 110 valence electrons. The zero-order valence-corrected chi connectivity index (χ0v) is 14.7. The Morgan fingerprint density at radius 3 is 2.85 bits per heavy atom. The van der Waals surface area contributed by atoms with E-state index in [1.54, 1.807) is 0 Å². The van der Waals surface area contributed by atoms with Gasteiger partial charge < -0.3 is 4.74 Å². The second-order valence-corrected chi connectivity index (χ2v) is 7.80. The normalized spacial score (nSPS) is 18.5. The van der Waals surface area contributed by atoms with Crippen LogP contribution in [0.25, 0.3) is 0 Å². The number of aryl methyl sites for hydroxylation is 1. The molecule has 3 heteroatoms. The maximum Gasteiger partial charge on any atom is 0.306 e. The molecule has 0 heterocycles. The lowest BCUT2D eigenvalue weighted by Crippen LogP contribution is -2.24. The number of rotatable bonds is 3. The summed E-state index contributed by atoms with van der Waals surface area (Å²) in [5.41, 5.74) is 2.54. The number of hydrogen-bond donors (Lipinski definition) is 0. The van der Waals surface area contributed by atoms with Gasteiger partial charge in [0.15, 0.2) is 0 Å². The average molecular weight is 386 g/mol. The molecule has 20 heavy (non-hydrogen) atoms. The van der Waals surface area contributed by atoms with E-state index in [1.807, 2.05) is 20.8 Å². The number of esters is 1. The third-order valence-corrected chi connectivity index (χ3v) is 4.33. The zero-order chi connectivity index (χ0) is 14.8. The fourth-order valence-electron chi connectivity index (χ4n) is 2.87. The molecule has 0 saturated heterocycles. The molecule has 0 fully saturated rings. The first-order chi connectivity index (χ1) is 9.35. The van der Waals surface area contributed by atoms with Gasteiger partial charge in [0.2, 0.25) is 0 Å². The summed E-state index contributed by atoms with van der Waals surface area (Å²) >= 11 is 2.37. The van der Waals surface area contributed by atoms with Crippen LogP contribution in [-0.2, 0) is 16.0 Å². The molecule has 0 aliphatic heterocycles. The van der Waals surface area contributed by atoms with Gasteiger partial charge in [0.25, 0.3) is 0 Å². The minimum atomic E-state index is -0.377. The molecule has 0 aromatic heterocycles. The minimum Gasteiger partial charge on any atom is -0.460 e. The van der Waals surface area contributed by atoms with Crippen molar-refractivity contribution in [1.82, 2.24) is 0 Å². The average Bonchev–Trinajstić information content (AvgIpc) is 2.33. The smallest absolute Gasteiger partial charge is 0.306 e. The fourth-order valence-corrected chi connectivity index (χ4v) is 3.42. The van der Waals surface area contributed by atoms with E-state index in [9.17, 15) is 4.79 Å². The van der Waals surface area contributed by atoms with Gasteiger partial charge in [0.1, 0.15) is 5.60 Å². The Labute approximate surface area is 135 Å². The van der Waals surface area contributed by atoms with Crippen molar-refractivity contribution >= 4 is 28.6 Å². The third-order valence-electron chi connectivity index (χ3n) is 3.66. The van der Waals surface area contributed by atoms with Crippen LogP contribution in [0.2, 0.25) is 0 Å². The Balaban J connectivity index is 1.97. The van der Waals surface area contributed by atoms with Crippen LogP contribution in [-0.4, -0.2) is 11.6 Å². The molecule has 0 bridgehead atoms. The second kappa shape index (κ2) is 6.46. The van der Waals surface area contributed by atoms with Crippen molar-refractivity contribution in [3.05, 3.63) is 32.9 Å². The molecular weight excluding hydrogens is 363 g/mol. The van der Waals surface area contributed by atoms with E-state index in [-0.39, 0.29) is 11.6 Å². The van der Waals surface area contributed by atoms with Gasteiger partial charge in [-0.3, -0.25) is 4.79 Å². The lowest BCUT2D eigenvalue weighted by Gasteiger charge is -2.26. The lowest BCUT2D eigenvalue weighted by atomic mass is 9.80. The SMILES string of the molecule is CC(C)(C)OC(=O)CC[C@@H]1CCCc2cc(I)ccc21. The van der Waals surface area contributed by atoms with Crippen LogP contribution in [0.5, 0.6) is 0 Å². The van der Waals surface area contributed by atoms with E-state index in [0.29, 0.717) is 12.3 Å². The van der Waals surface area contributed by atoms with Crippen molar-refractivity contribution < 1.29 is 9.53 Å². The first kappa shape index (κ1) is 15.8. The van der Waals surface area contributed by atoms with Crippen molar-refractivity contribution in [1.29, 1.82) is 0 Å². The highest BCUT2D eigenvalue weighted by atomic mass is 127. The predicted octanol–water partition coefficient (Wildman–Crippen LogP) is 4.83. The first-order valence-electron chi connectivity index (χ1n) is 7.35. The summed E-state index contributed by atoms with van der Waals surface area (Å²) in [6.45, 7) is 5.76. The Morgan fingerprint density at radius 1 is 1.40 bits per heavy atom. The number of benzene rings is 1. The van der Waals surface area contributed by atoms with Gasteiger partial charge >= 0.3 is 5.97 Å². The number of carbonyl (C=O) groups excluding carboxylic acids is 1. The van der Waals surface area contributed by atoms with Crippen LogP contribution in [0.3, 0.4) is 0 Å². The van der Waals surface area contributed by atoms with E-state index in [0.717, 1.165) is 6.42 Å². The predicted molar refractivity (Wildman–Crippen MR) is 89.9 cm³/mol. The molecule has 0 amide bonds. The molecule has 1 atom stereocenters. The van der Waals surface area contributed by atoms with Crippen LogP contribution in [0.1, 0.15) is 63.5 Å². The molecule has 0 spiro atoms. The van der Waals surface area contributed by atoms with Crippen LogP contribution in [0, 0.1) is 3.57 Å². The Kier molecular flexibility index (Phi) is 5.10. The summed E-state index contributed by atoms with van der Waals surface area (Å²) < 4.78 is 6.70. The molecule has 1 aliphatic rings. The minimum absolute atomic E-state index is 0.0739. The van der Waals surface area contributed by atoms with Crippen molar-refractivity contribution in [3.8, 4) is 0 Å². The van der Waals surface area contributed by atoms with Crippen LogP contribution in [0.4, 0.5) is 0 Å². The van der Waals surface area contributed by atoms with Gasteiger partial charge in [-0.1, -0.05) is 6.07 Å². The van der Waals surface area contributed by atoms with Crippen molar-refractivity contribution in [2.45, 2.75) is 64.4 Å². The molecule has 0 saturated carbocycles. The third kappa shape index (κ3) is 4.47. The summed E-state index contributed by atoms with van der Waals surface area (Å²) in [7, 11) is 0. The van der Waals surface area contributed by atoms with Gasteiger partial charge in [-0.15, -0.1) is 0 Å². The molecule has 1 aliphatic carbocycles. The van der Waals surface area contributed by atoms with E-state index in [1.165, 1.54) is 34.0 Å².